The van der Waals surface area contributed by atoms with Gasteiger partial charge in [-0.3, -0.25) is 4.79 Å². The highest BCUT2D eigenvalue weighted by molar-refractivity contribution is 9.10. The van der Waals surface area contributed by atoms with Crippen molar-refractivity contribution in [3.05, 3.63) is 88.2 Å². The molecule has 8 heteroatoms. The molecule has 190 valence electrons. The molecule has 0 spiro atoms. The molecule has 0 aliphatic rings. The van der Waals surface area contributed by atoms with E-state index in [1.165, 1.54) is 6.08 Å². The van der Waals surface area contributed by atoms with Crippen LogP contribution in [0.25, 0.3) is 23.1 Å². The number of allylic oxidation sites excluding steroid dienone is 1. The minimum absolute atomic E-state index is 0.110. The Balaban J connectivity index is 1.57. The normalized spacial score (nSPS) is 11.3. The first-order valence-corrected chi connectivity index (χ1v) is 12.2. The van der Waals surface area contributed by atoms with Gasteiger partial charge in [0.1, 0.15) is 0 Å². The van der Waals surface area contributed by atoms with Crippen molar-refractivity contribution in [1.82, 2.24) is 4.98 Å². The van der Waals surface area contributed by atoms with Crippen LogP contribution in [0, 0.1) is 0 Å². The summed E-state index contributed by atoms with van der Waals surface area (Å²) in [5.41, 5.74) is 4.01. The van der Waals surface area contributed by atoms with Gasteiger partial charge >= 0.3 is 0 Å². The molecule has 7 nitrogen and oxygen atoms in total. The SMILES string of the molecule is COc1cc(C=Cc2cc(Br)c(OC)c(N/C=C\C(=O)c3c[nH]c4ccccc34)c2)cc(OC)c1OC. The van der Waals surface area contributed by atoms with Gasteiger partial charge in [-0.2, -0.15) is 0 Å². The molecule has 1 aromatic heterocycles. The quantitative estimate of drug-likeness (QED) is 0.124. The first-order valence-electron chi connectivity index (χ1n) is 11.4. The number of benzene rings is 3. The predicted molar refractivity (Wildman–Crippen MR) is 151 cm³/mol. The van der Waals surface area contributed by atoms with Gasteiger partial charge in [0.25, 0.3) is 0 Å². The number of rotatable bonds is 10. The molecule has 0 aliphatic heterocycles. The number of methoxy groups -OCH3 is 4. The third-order valence-electron chi connectivity index (χ3n) is 5.75. The van der Waals surface area contributed by atoms with E-state index in [2.05, 4.69) is 26.2 Å². The van der Waals surface area contributed by atoms with Gasteiger partial charge < -0.3 is 29.2 Å². The summed E-state index contributed by atoms with van der Waals surface area (Å²) in [6, 6.07) is 15.3. The fourth-order valence-corrected chi connectivity index (χ4v) is 4.63. The number of hydrogen-bond acceptors (Lipinski definition) is 6. The smallest absolute Gasteiger partial charge is 0.203 e. The standard InChI is InChI=1S/C29H27BrN2O5/c1-34-26-15-19(16-27(35-2)29(26)37-4)10-9-18-13-22(30)28(36-3)24(14-18)31-12-11-25(33)21-17-32-23-8-6-5-7-20(21)23/h5-17,31-32H,1-4H3/b10-9?,12-11-. The van der Waals surface area contributed by atoms with Crippen LogP contribution in [0.4, 0.5) is 5.69 Å². The highest BCUT2D eigenvalue weighted by Gasteiger charge is 2.13. The Hall–Kier alpha value is -4.17. The third-order valence-corrected chi connectivity index (χ3v) is 6.34. The van der Waals surface area contributed by atoms with E-state index >= 15 is 0 Å². The van der Waals surface area contributed by atoms with Crippen LogP contribution in [0.3, 0.4) is 0 Å². The summed E-state index contributed by atoms with van der Waals surface area (Å²) < 4.78 is 22.6. The van der Waals surface area contributed by atoms with E-state index in [0.717, 1.165) is 26.5 Å². The lowest BCUT2D eigenvalue weighted by atomic mass is 10.1. The summed E-state index contributed by atoms with van der Waals surface area (Å²) in [5.74, 6) is 2.19. The molecule has 3 aromatic carbocycles. The van der Waals surface area contributed by atoms with Crippen molar-refractivity contribution in [2.24, 2.45) is 0 Å². The zero-order chi connectivity index (χ0) is 26.4. The van der Waals surface area contributed by atoms with Gasteiger partial charge in [-0.05, 0) is 57.4 Å². The van der Waals surface area contributed by atoms with E-state index in [4.69, 9.17) is 18.9 Å². The molecule has 0 atom stereocenters. The summed E-state index contributed by atoms with van der Waals surface area (Å²) in [4.78, 5) is 15.9. The summed E-state index contributed by atoms with van der Waals surface area (Å²) in [7, 11) is 6.33. The van der Waals surface area contributed by atoms with Gasteiger partial charge in [0.15, 0.2) is 23.0 Å². The molecular formula is C29H27BrN2O5. The van der Waals surface area contributed by atoms with Crippen LogP contribution < -0.4 is 24.3 Å². The topological polar surface area (TPSA) is 81.8 Å². The van der Waals surface area contributed by atoms with E-state index in [-0.39, 0.29) is 5.78 Å². The number of nitrogens with one attached hydrogen (secondary N) is 2. The lowest BCUT2D eigenvalue weighted by molar-refractivity contribution is 0.104. The second kappa shape index (κ2) is 11.7. The average molecular weight is 563 g/mol. The minimum atomic E-state index is -0.110. The lowest BCUT2D eigenvalue weighted by Crippen LogP contribution is -1.98. The van der Waals surface area contributed by atoms with E-state index in [9.17, 15) is 4.79 Å². The maximum Gasteiger partial charge on any atom is 0.203 e. The van der Waals surface area contributed by atoms with Gasteiger partial charge in [-0.25, -0.2) is 0 Å². The largest absolute Gasteiger partial charge is 0.493 e. The van der Waals surface area contributed by atoms with Crippen LogP contribution >= 0.6 is 15.9 Å². The maximum atomic E-state index is 12.8. The predicted octanol–water partition coefficient (Wildman–Crippen LogP) is 6.94. The molecule has 4 rings (SSSR count). The molecule has 0 fully saturated rings. The molecule has 0 unspecified atom stereocenters. The molecule has 0 aliphatic carbocycles. The third kappa shape index (κ3) is 5.65. The van der Waals surface area contributed by atoms with Crippen molar-refractivity contribution < 1.29 is 23.7 Å². The molecule has 1 heterocycles. The Labute approximate surface area is 223 Å². The number of carbonyl (C=O) groups excluding carboxylic acids is 1. The molecule has 0 radical (unpaired) electrons. The number of halogens is 1. The zero-order valence-electron chi connectivity index (χ0n) is 20.9. The van der Waals surface area contributed by atoms with Gasteiger partial charge in [0, 0.05) is 34.9 Å². The Kier molecular flexibility index (Phi) is 8.20. The number of H-pyrrole nitrogens is 1. The fraction of sp³-hybridized carbons (Fsp3) is 0.138. The first-order chi connectivity index (χ1) is 18.0. The number of ether oxygens (including phenoxy) is 4. The van der Waals surface area contributed by atoms with E-state index in [0.29, 0.717) is 34.2 Å². The van der Waals surface area contributed by atoms with Crippen molar-refractivity contribution in [3.63, 3.8) is 0 Å². The van der Waals surface area contributed by atoms with Crippen LogP contribution in [-0.4, -0.2) is 39.2 Å². The van der Waals surface area contributed by atoms with E-state index < -0.39 is 0 Å². The molecular weight excluding hydrogens is 536 g/mol. The summed E-state index contributed by atoms with van der Waals surface area (Å²) in [5, 5.41) is 4.06. The van der Waals surface area contributed by atoms with Crippen molar-refractivity contribution in [1.29, 1.82) is 0 Å². The van der Waals surface area contributed by atoms with Crippen molar-refractivity contribution in [2.45, 2.75) is 0 Å². The van der Waals surface area contributed by atoms with Gasteiger partial charge in [-0.1, -0.05) is 30.4 Å². The summed E-state index contributed by atoms with van der Waals surface area (Å²) in [6.07, 6.45) is 8.74. The van der Waals surface area contributed by atoms with Crippen molar-refractivity contribution in [2.75, 3.05) is 33.8 Å². The number of fused-ring (bicyclic) bond motifs is 1. The maximum absolute atomic E-state index is 12.8. The Morgan fingerprint density at radius 2 is 1.51 bits per heavy atom. The number of aromatic amines is 1. The monoisotopic (exact) mass is 562 g/mol. The number of anilines is 1. The number of para-hydroxylation sites is 1. The highest BCUT2D eigenvalue weighted by atomic mass is 79.9. The van der Waals surface area contributed by atoms with Gasteiger partial charge in [0.05, 0.1) is 38.6 Å². The zero-order valence-corrected chi connectivity index (χ0v) is 22.5. The number of hydrogen-bond donors (Lipinski definition) is 2. The van der Waals surface area contributed by atoms with Crippen LogP contribution in [0.2, 0.25) is 0 Å². The van der Waals surface area contributed by atoms with E-state index in [1.54, 1.807) is 40.8 Å². The van der Waals surface area contributed by atoms with Crippen LogP contribution in [0.15, 0.2) is 71.5 Å². The molecule has 4 aromatic rings. The summed E-state index contributed by atoms with van der Waals surface area (Å²) in [6.45, 7) is 0. The van der Waals surface area contributed by atoms with Gasteiger partial charge in [0.2, 0.25) is 5.75 Å². The van der Waals surface area contributed by atoms with Crippen molar-refractivity contribution in [3.8, 4) is 23.0 Å². The van der Waals surface area contributed by atoms with Gasteiger partial charge in [-0.15, -0.1) is 0 Å². The lowest BCUT2D eigenvalue weighted by Gasteiger charge is -2.13. The highest BCUT2D eigenvalue weighted by Crippen LogP contribution is 2.39. The number of ketones is 1. The number of carbonyl (C=O) groups is 1. The van der Waals surface area contributed by atoms with Crippen molar-refractivity contribution >= 4 is 50.5 Å². The minimum Gasteiger partial charge on any atom is -0.493 e. The second-order valence-corrected chi connectivity index (χ2v) is 8.82. The molecule has 0 saturated carbocycles. The first kappa shape index (κ1) is 25.9. The van der Waals surface area contributed by atoms with Crippen LogP contribution in [-0.2, 0) is 0 Å². The average Bonchev–Trinajstić information content (AvgIpc) is 3.35. The Morgan fingerprint density at radius 1 is 0.865 bits per heavy atom. The fourth-order valence-electron chi connectivity index (χ4n) is 3.99. The van der Waals surface area contributed by atoms with Crippen LogP contribution in [0.1, 0.15) is 21.5 Å². The van der Waals surface area contributed by atoms with Crippen LogP contribution in [0.5, 0.6) is 23.0 Å². The Bertz CT molecular complexity index is 1460. The Morgan fingerprint density at radius 3 is 2.16 bits per heavy atom. The molecule has 37 heavy (non-hydrogen) atoms. The van der Waals surface area contributed by atoms with E-state index in [1.807, 2.05) is 60.7 Å². The second-order valence-electron chi connectivity index (χ2n) is 7.97. The molecule has 0 saturated heterocycles. The summed E-state index contributed by atoms with van der Waals surface area (Å²) >= 11 is 3.58. The molecule has 0 amide bonds. The molecule has 0 bridgehead atoms. The molecule has 2 N–H and O–H groups in total. The number of aromatic nitrogens is 1.